The zero-order valence-corrected chi connectivity index (χ0v) is 33.2. The van der Waals surface area contributed by atoms with Gasteiger partial charge in [0.2, 0.25) is 17.5 Å². The molecular weight excluding hydrogens is 770 g/mol. The molecule has 59 heavy (non-hydrogen) atoms. The second kappa shape index (κ2) is 15.7. The summed E-state index contributed by atoms with van der Waals surface area (Å²) in [5.74, 6) is -0.689. The lowest BCUT2D eigenvalue weighted by Crippen LogP contribution is -2.59. The number of nitrogens with zero attached hydrogens (tertiary/aromatic N) is 3. The maximum Gasteiger partial charge on any atom is 0.250 e. The van der Waals surface area contributed by atoms with Crippen LogP contribution in [-0.2, 0) is 23.2 Å². The molecule has 9 nitrogen and oxygen atoms in total. The van der Waals surface area contributed by atoms with E-state index in [-0.39, 0.29) is 54.5 Å². The van der Waals surface area contributed by atoms with Crippen molar-refractivity contribution in [1.29, 1.82) is 0 Å². The van der Waals surface area contributed by atoms with Crippen molar-refractivity contribution >= 4 is 40.6 Å². The van der Waals surface area contributed by atoms with Crippen LogP contribution >= 0.6 is 12.4 Å². The lowest BCUT2D eigenvalue weighted by atomic mass is 9.75. The third-order valence-corrected chi connectivity index (χ3v) is 11.8. The molecule has 12 heteroatoms. The Morgan fingerprint density at radius 1 is 0.661 bits per heavy atom. The van der Waals surface area contributed by atoms with Crippen LogP contribution < -0.4 is 16.4 Å². The highest BCUT2D eigenvalue weighted by atomic mass is 35.5. The topological polar surface area (TPSA) is 108 Å². The first-order chi connectivity index (χ1) is 28.2. The summed E-state index contributed by atoms with van der Waals surface area (Å²) in [6, 6.07) is 32.5. The molecule has 3 N–H and O–H groups in total. The fourth-order valence-corrected chi connectivity index (χ4v) is 9.06. The summed E-state index contributed by atoms with van der Waals surface area (Å²) in [6.07, 6.45) is 4.73. The summed E-state index contributed by atoms with van der Waals surface area (Å²) >= 11 is 0. The Morgan fingerprint density at radius 2 is 1.12 bits per heavy atom. The number of benzene rings is 4. The molecule has 0 saturated carbocycles. The third-order valence-electron chi connectivity index (χ3n) is 11.8. The van der Waals surface area contributed by atoms with Gasteiger partial charge in [0.15, 0.2) is 0 Å². The zero-order valence-electron chi connectivity index (χ0n) is 32.4. The number of aromatic amines is 2. The van der Waals surface area contributed by atoms with Gasteiger partial charge < -0.3 is 29.3 Å². The molecule has 9 rings (SSSR count). The van der Waals surface area contributed by atoms with Crippen molar-refractivity contribution in [3.05, 3.63) is 199 Å². The van der Waals surface area contributed by atoms with Gasteiger partial charge in [0.25, 0.3) is 0 Å². The number of hydrogen-bond donors (Lipinski definition) is 3. The summed E-state index contributed by atoms with van der Waals surface area (Å²) < 4.78 is 34.9. The lowest BCUT2D eigenvalue weighted by Gasteiger charge is -2.47. The first kappa shape index (κ1) is 39.3. The van der Waals surface area contributed by atoms with Gasteiger partial charge in [-0.05, 0) is 72.5 Å². The molecule has 4 aromatic heterocycles. The number of carbonyl (C=O) groups excluding carboxylic acids is 1. The van der Waals surface area contributed by atoms with Gasteiger partial charge in [-0.1, -0.05) is 60.7 Å². The largest absolute Gasteiger partial charge is 0.329 e. The number of fused-ring (bicyclic) bond motifs is 2. The molecular formula is C47H41ClF2N6O3. The van der Waals surface area contributed by atoms with E-state index in [9.17, 15) is 14.4 Å². The van der Waals surface area contributed by atoms with E-state index in [1.807, 2.05) is 81.9 Å². The number of pyridine rings is 2. The summed E-state index contributed by atoms with van der Waals surface area (Å²) in [5.41, 5.74) is 6.17. The average molecular weight is 811 g/mol. The van der Waals surface area contributed by atoms with Crippen LogP contribution in [0.4, 0.5) is 8.78 Å². The van der Waals surface area contributed by atoms with Crippen molar-refractivity contribution in [1.82, 2.24) is 29.3 Å². The Kier molecular flexibility index (Phi) is 10.4. The molecule has 0 aliphatic carbocycles. The van der Waals surface area contributed by atoms with Crippen molar-refractivity contribution < 1.29 is 13.6 Å². The summed E-state index contributed by atoms with van der Waals surface area (Å²) in [7, 11) is 0. The van der Waals surface area contributed by atoms with Crippen LogP contribution in [0, 0.1) is 25.5 Å². The van der Waals surface area contributed by atoms with E-state index in [2.05, 4.69) is 15.3 Å². The summed E-state index contributed by atoms with van der Waals surface area (Å²) in [6.45, 7) is 4.54. The van der Waals surface area contributed by atoms with Gasteiger partial charge in [-0.2, -0.15) is 0 Å². The van der Waals surface area contributed by atoms with Crippen LogP contribution in [-0.4, -0.2) is 50.0 Å². The number of hydrogen-bond acceptors (Lipinski definition) is 4. The predicted octanol–water partition coefficient (Wildman–Crippen LogP) is 7.75. The lowest BCUT2D eigenvalue weighted by molar-refractivity contribution is -0.124. The van der Waals surface area contributed by atoms with E-state index in [1.54, 1.807) is 55.4 Å². The van der Waals surface area contributed by atoms with Crippen molar-refractivity contribution in [3.63, 3.8) is 0 Å². The normalized spacial score (nSPS) is 13.8. The first-order valence-electron chi connectivity index (χ1n) is 19.3. The zero-order chi connectivity index (χ0) is 40.1. The second-order valence-electron chi connectivity index (χ2n) is 14.9. The molecule has 8 aromatic rings. The molecule has 0 spiro atoms. The van der Waals surface area contributed by atoms with E-state index in [4.69, 9.17) is 0 Å². The number of piperazine rings is 1. The maximum atomic E-state index is 15.4. The van der Waals surface area contributed by atoms with Crippen LogP contribution in [0.25, 0.3) is 33.2 Å². The Balaban J connectivity index is 0.00000484. The van der Waals surface area contributed by atoms with E-state index in [0.717, 1.165) is 51.4 Å². The molecule has 5 heterocycles. The van der Waals surface area contributed by atoms with Crippen molar-refractivity contribution in [2.24, 2.45) is 0 Å². The van der Waals surface area contributed by atoms with E-state index in [1.165, 1.54) is 12.1 Å². The van der Waals surface area contributed by atoms with Crippen LogP contribution in [0.5, 0.6) is 0 Å². The van der Waals surface area contributed by atoms with Crippen molar-refractivity contribution in [2.45, 2.75) is 32.2 Å². The number of carbonyl (C=O) groups is 1. The van der Waals surface area contributed by atoms with Gasteiger partial charge in [-0.15, -0.1) is 12.4 Å². The molecule has 1 aliphatic rings. The van der Waals surface area contributed by atoms with Crippen molar-refractivity contribution in [3.8, 4) is 11.4 Å². The Hall–Kier alpha value is -6.56. The molecule has 0 unspecified atom stereocenters. The molecule has 4 aromatic carbocycles. The molecule has 0 radical (unpaired) electrons. The smallest absolute Gasteiger partial charge is 0.250 e. The van der Waals surface area contributed by atoms with Crippen LogP contribution in [0.3, 0.4) is 0 Å². The number of rotatable bonds is 9. The fourth-order valence-electron chi connectivity index (χ4n) is 9.06. The molecule has 1 saturated heterocycles. The van der Waals surface area contributed by atoms with Gasteiger partial charge in [0.05, 0.1) is 11.0 Å². The van der Waals surface area contributed by atoms with E-state index in [0.29, 0.717) is 46.0 Å². The predicted molar refractivity (Wildman–Crippen MR) is 229 cm³/mol. The molecule has 1 fully saturated rings. The monoisotopic (exact) mass is 810 g/mol. The minimum Gasteiger partial charge on any atom is -0.329 e. The van der Waals surface area contributed by atoms with Crippen molar-refractivity contribution in [2.75, 3.05) is 19.6 Å². The third kappa shape index (κ3) is 6.47. The quantitative estimate of drug-likeness (QED) is 0.130. The maximum absolute atomic E-state index is 15.4. The number of amides is 1. The number of halogens is 3. The fraction of sp³-hybridized carbons (Fsp3) is 0.170. The van der Waals surface area contributed by atoms with Crippen LogP contribution in [0.15, 0.2) is 131 Å². The molecule has 298 valence electrons. The summed E-state index contributed by atoms with van der Waals surface area (Å²) in [4.78, 5) is 48.1. The van der Waals surface area contributed by atoms with Gasteiger partial charge in [-0.3, -0.25) is 14.4 Å². The first-order valence-corrected chi connectivity index (χ1v) is 19.3. The molecule has 1 amide bonds. The Bertz CT molecular complexity index is 2800. The minimum absolute atomic E-state index is 0. The number of aromatic nitrogens is 4. The standard InChI is InChI=1S/C47H40F2N6O3.ClH/c1-29-31(11-9-17-37(29)48)21-41-45(35-25-51-43(57)23-39(35)54(41)33-13-5-3-6-14-33)47(27-50-19-20-53(47)28-56)46-36-26-52-44(58)24-40(36)55(34-15-7-4-8-16-34)42(46)22-32-12-10-18-38(49)30(32)2;/h3-18,23-26,28,50H,19-22,27H2,1-2H3,(H,51,57)(H,52,58);1H. The van der Waals surface area contributed by atoms with Gasteiger partial charge in [0.1, 0.15) is 17.2 Å². The van der Waals surface area contributed by atoms with Crippen LogP contribution in [0.2, 0.25) is 0 Å². The molecule has 0 atom stereocenters. The summed E-state index contributed by atoms with van der Waals surface area (Å²) in [5, 5.41) is 4.99. The molecule has 0 bridgehead atoms. The van der Waals surface area contributed by atoms with E-state index >= 15 is 8.78 Å². The van der Waals surface area contributed by atoms with Gasteiger partial charge in [0, 0.05) is 102 Å². The van der Waals surface area contributed by atoms with Gasteiger partial charge in [-0.25, -0.2) is 8.78 Å². The number of para-hydroxylation sites is 2. The Morgan fingerprint density at radius 3 is 1.56 bits per heavy atom. The number of H-pyrrole nitrogens is 2. The highest BCUT2D eigenvalue weighted by Gasteiger charge is 2.49. The minimum atomic E-state index is -1.32. The van der Waals surface area contributed by atoms with Crippen LogP contribution in [0.1, 0.15) is 44.8 Å². The number of nitrogens with one attached hydrogen (secondary N) is 3. The van der Waals surface area contributed by atoms with Gasteiger partial charge >= 0.3 is 0 Å². The SMILES string of the molecule is Cc1c(F)cccc1Cc1c(C2(c3c(Cc4cccc(F)c4C)n(-c4ccccc4)c4cc(=O)[nH]cc34)CNCCN2C=O)c2c[nH]c(=O)cc2n1-c1ccccc1.Cl. The molecule has 1 aliphatic heterocycles. The second-order valence-corrected chi connectivity index (χ2v) is 14.9. The Labute approximate surface area is 344 Å². The highest BCUT2D eigenvalue weighted by Crippen LogP contribution is 2.49. The van der Waals surface area contributed by atoms with E-state index < -0.39 is 5.54 Å². The average Bonchev–Trinajstić information content (AvgIpc) is 3.73. The highest BCUT2D eigenvalue weighted by molar-refractivity contribution is 5.94.